The fourth-order valence-electron chi connectivity index (χ4n) is 7.74. The Morgan fingerprint density at radius 1 is 0.491 bits per heavy atom. The lowest BCUT2D eigenvalue weighted by Gasteiger charge is -2.23. The van der Waals surface area contributed by atoms with E-state index < -0.39 is 0 Å². The smallest absolute Gasteiger partial charge is 0.173 e. The molecule has 0 bridgehead atoms. The first-order chi connectivity index (χ1) is 26.2. The fraction of sp³-hybridized carbons (Fsp3) is 0.776. The quantitative estimate of drug-likeness (QED) is 0.0507. The van der Waals surface area contributed by atoms with Crippen molar-refractivity contribution in [1.29, 1.82) is 0 Å². The zero-order valence-corrected chi connectivity index (χ0v) is 35.8. The van der Waals surface area contributed by atoms with Gasteiger partial charge < -0.3 is 9.47 Å². The van der Waals surface area contributed by atoms with Gasteiger partial charge in [-0.05, 0) is 43.1 Å². The summed E-state index contributed by atoms with van der Waals surface area (Å²) in [7, 11) is 1.78. The van der Waals surface area contributed by atoms with Gasteiger partial charge in [0.1, 0.15) is 6.54 Å². The van der Waals surface area contributed by atoms with Gasteiger partial charge in [0.05, 0.1) is 13.7 Å². The lowest BCUT2D eigenvalue weighted by molar-refractivity contribution is -0.697. The minimum absolute atomic E-state index is 0.769. The summed E-state index contributed by atoms with van der Waals surface area (Å²) in [4.78, 5) is 2.64. The summed E-state index contributed by atoms with van der Waals surface area (Å²) in [6.07, 6.45) is 44.6. The molecule has 304 valence electrons. The third-order valence-corrected chi connectivity index (χ3v) is 11.0. The van der Waals surface area contributed by atoms with Crippen molar-refractivity contribution in [3.8, 4) is 11.5 Å². The Kier molecular flexibility index (Phi) is 30.6. The molecule has 0 saturated heterocycles. The molecule has 53 heavy (non-hydrogen) atoms. The van der Waals surface area contributed by atoms with Gasteiger partial charge in [0.15, 0.2) is 23.9 Å². The molecule has 0 unspecified atom stereocenters. The molecule has 1 heterocycles. The standard InChI is InChI=1S/C49H87N2O2/c1-5-8-10-12-14-16-18-20-22-24-26-28-30-32-39-51(45-47-35-34-40-50(44-47)38-7-3)43-46-36-37-48(49(42-46)52-4)53-41-33-31-29-27-25-23-21-19-17-15-13-11-9-6-2/h34-37,40,42,44H,5-33,38-39,41,43,45H2,1-4H3/q+1. The first-order valence-electron chi connectivity index (χ1n) is 23.2. The molecule has 0 aliphatic carbocycles. The van der Waals surface area contributed by atoms with Crippen LogP contribution >= 0.6 is 0 Å². The first-order valence-corrected chi connectivity index (χ1v) is 23.2. The Bertz CT molecular complexity index is 1090. The molecular weight excluding hydrogens is 649 g/mol. The molecule has 2 aromatic rings. The third-order valence-electron chi connectivity index (χ3n) is 11.0. The van der Waals surface area contributed by atoms with E-state index in [0.29, 0.717) is 0 Å². The number of methoxy groups -OCH3 is 1. The summed E-state index contributed by atoms with van der Waals surface area (Å²) in [5.74, 6) is 1.75. The Labute approximate surface area is 330 Å². The van der Waals surface area contributed by atoms with Crippen LogP contribution in [0.4, 0.5) is 0 Å². The van der Waals surface area contributed by atoms with Crippen LogP contribution in [0, 0.1) is 0 Å². The lowest BCUT2D eigenvalue weighted by Crippen LogP contribution is -2.34. The number of hydrogen-bond acceptors (Lipinski definition) is 3. The van der Waals surface area contributed by atoms with Gasteiger partial charge >= 0.3 is 0 Å². The average molecular weight is 736 g/mol. The van der Waals surface area contributed by atoms with E-state index in [4.69, 9.17) is 9.47 Å². The van der Waals surface area contributed by atoms with E-state index in [1.165, 1.54) is 184 Å². The van der Waals surface area contributed by atoms with Crippen LogP contribution < -0.4 is 14.0 Å². The zero-order valence-electron chi connectivity index (χ0n) is 35.8. The summed E-state index contributed by atoms with van der Waals surface area (Å²) in [5.41, 5.74) is 2.69. The van der Waals surface area contributed by atoms with Crippen molar-refractivity contribution in [2.45, 2.75) is 227 Å². The normalized spacial score (nSPS) is 11.5. The molecule has 0 N–H and O–H groups in total. The second-order valence-corrected chi connectivity index (χ2v) is 16.2. The van der Waals surface area contributed by atoms with E-state index in [1.54, 1.807) is 7.11 Å². The van der Waals surface area contributed by atoms with Crippen molar-refractivity contribution in [3.63, 3.8) is 0 Å². The number of nitrogens with zero attached hydrogens (tertiary/aromatic N) is 2. The second kappa shape index (κ2) is 34.4. The summed E-state index contributed by atoms with van der Waals surface area (Å²) in [6, 6.07) is 11.1. The molecule has 0 spiro atoms. The van der Waals surface area contributed by atoms with E-state index in [0.717, 1.165) is 57.1 Å². The van der Waals surface area contributed by atoms with Crippen LogP contribution in [0.2, 0.25) is 0 Å². The van der Waals surface area contributed by atoms with E-state index >= 15 is 0 Å². The molecule has 0 saturated carbocycles. The Morgan fingerprint density at radius 2 is 0.962 bits per heavy atom. The summed E-state index contributed by atoms with van der Waals surface area (Å²) < 4.78 is 14.4. The van der Waals surface area contributed by atoms with Gasteiger partial charge in [0.2, 0.25) is 0 Å². The largest absolute Gasteiger partial charge is 0.493 e. The van der Waals surface area contributed by atoms with E-state index in [-0.39, 0.29) is 0 Å². The van der Waals surface area contributed by atoms with Gasteiger partial charge in [-0.2, -0.15) is 0 Å². The highest BCUT2D eigenvalue weighted by Crippen LogP contribution is 2.29. The molecule has 2 rings (SSSR count). The first kappa shape index (κ1) is 47.1. The van der Waals surface area contributed by atoms with Crippen molar-refractivity contribution in [1.82, 2.24) is 4.90 Å². The topological polar surface area (TPSA) is 25.6 Å². The average Bonchev–Trinajstić information content (AvgIpc) is 3.17. The van der Waals surface area contributed by atoms with Crippen molar-refractivity contribution in [2.24, 2.45) is 0 Å². The van der Waals surface area contributed by atoms with Gasteiger partial charge in [-0.1, -0.05) is 194 Å². The minimum Gasteiger partial charge on any atom is -0.493 e. The Morgan fingerprint density at radius 3 is 1.45 bits per heavy atom. The molecule has 4 nitrogen and oxygen atoms in total. The number of aromatic nitrogens is 1. The minimum atomic E-state index is 0.769. The number of pyridine rings is 1. The van der Waals surface area contributed by atoms with E-state index in [2.05, 4.69) is 73.0 Å². The summed E-state index contributed by atoms with van der Waals surface area (Å²) in [6.45, 7) is 11.7. The van der Waals surface area contributed by atoms with Crippen molar-refractivity contribution < 1.29 is 14.0 Å². The van der Waals surface area contributed by atoms with Crippen LogP contribution in [-0.2, 0) is 19.6 Å². The number of hydrogen-bond donors (Lipinski definition) is 0. The second-order valence-electron chi connectivity index (χ2n) is 16.2. The van der Waals surface area contributed by atoms with Crippen LogP contribution in [-0.4, -0.2) is 25.2 Å². The van der Waals surface area contributed by atoms with Crippen LogP contribution in [0.3, 0.4) is 0 Å². The maximum absolute atomic E-state index is 6.24. The number of ether oxygens (including phenoxy) is 2. The van der Waals surface area contributed by atoms with E-state index in [1.807, 2.05) is 0 Å². The van der Waals surface area contributed by atoms with Gasteiger partial charge in [-0.3, -0.25) is 4.90 Å². The maximum atomic E-state index is 6.24. The molecule has 4 heteroatoms. The van der Waals surface area contributed by atoms with Crippen molar-refractivity contribution >= 4 is 0 Å². The molecule has 0 aliphatic heterocycles. The number of benzene rings is 1. The van der Waals surface area contributed by atoms with Gasteiger partial charge in [-0.15, -0.1) is 0 Å². The predicted octanol–water partition coefficient (Wildman–Crippen LogP) is 14.7. The highest BCUT2D eigenvalue weighted by atomic mass is 16.5. The molecule has 1 aromatic heterocycles. The fourth-order valence-corrected chi connectivity index (χ4v) is 7.74. The monoisotopic (exact) mass is 736 g/mol. The van der Waals surface area contributed by atoms with Crippen LogP contribution in [0.1, 0.15) is 218 Å². The number of rotatable bonds is 38. The Hall–Kier alpha value is -2.07. The lowest BCUT2D eigenvalue weighted by atomic mass is 10.0. The third kappa shape index (κ3) is 25.6. The van der Waals surface area contributed by atoms with Gasteiger partial charge in [0.25, 0.3) is 0 Å². The van der Waals surface area contributed by atoms with E-state index in [9.17, 15) is 0 Å². The van der Waals surface area contributed by atoms with Crippen molar-refractivity contribution in [3.05, 3.63) is 53.9 Å². The summed E-state index contributed by atoms with van der Waals surface area (Å²) >= 11 is 0. The molecule has 0 atom stereocenters. The van der Waals surface area contributed by atoms with Crippen molar-refractivity contribution in [2.75, 3.05) is 20.3 Å². The molecule has 1 aromatic carbocycles. The molecule has 0 radical (unpaired) electrons. The highest BCUT2D eigenvalue weighted by Gasteiger charge is 2.13. The predicted molar refractivity (Wildman–Crippen MR) is 230 cm³/mol. The maximum Gasteiger partial charge on any atom is 0.173 e. The highest BCUT2D eigenvalue weighted by molar-refractivity contribution is 5.43. The molecule has 0 fully saturated rings. The zero-order chi connectivity index (χ0) is 37.9. The number of aryl methyl sites for hydroxylation is 1. The van der Waals surface area contributed by atoms with Crippen LogP contribution in [0.15, 0.2) is 42.7 Å². The Balaban J connectivity index is 1.71. The summed E-state index contributed by atoms with van der Waals surface area (Å²) in [5, 5.41) is 0. The molecular formula is C49H87N2O2+. The number of unbranched alkanes of at least 4 members (excludes halogenated alkanes) is 26. The van der Waals surface area contributed by atoms with Crippen LogP contribution in [0.5, 0.6) is 11.5 Å². The molecule has 0 amide bonds. The van der Waals surface area contributed by atoms with Gasteiger partial charge in [-0.25, -0.2) is 4.57 Å². The van der Waals surface area contributed by atoms with Crippen LogP contribution in [0.25, 0.3) is 0 Å². The molecule has 0 aliphatic rings. The van der Waals surface area contributed by atoms with Gasteiger partial charge in [0, 0.05) is 31.1 Å². The SMILES string of the molecule is CCCCCCCCCCCCCCCCOc1ccc(CN(CCCCCCCCCCCCCCCC)Cc2ccc[n+](CCC)c2)cc1OC.